The highest BCUT2D eigenvalue weighted by atomic mass is 16.6. The molecule has 0 saturated heterocycles. The lowest BCUT2D eigenvalue weighted by molar-refractivity contribution is -0.394. The van der Waals surface area contributed by atoms with Gasteiger partial charge in [0.05, 0.1) is 21.5 Å². The summed E-state index contributed by atoms with van der Waals surface area (Å²) < 4.78 is 0. The van der Waals surface area contributed by atoms with Gasteiger partial charge in [-0.1, -0.05) is 60.7 Å². The second-order valence-electron chi connectivity index (χ2n) is 6.70. The molecule has 0 aliphatic heterocycles. The standard InChI is InChI=1S/C22H19N3O5/c26-22(19-13-20(24(27)28)15-21(14-19)25(29)30)23(16-18-9-5-2-6-10-18)12-11-17-7-3-1-4-8-17/h1-10,13-15H,11-12,16H2. The molecule has 8 heteroatoms. The quantitative estimate of drug-likeness (QED) is 0.408. The minimum absolute atomic E-state index is 0.0834. The summed E-state index contributed by atoms with van der Waals surface area (Å²) in [6, 6.07) is 21.9. The third-order valence-corrected chi connectivity index (χ3v) is 4.59. The molecule has 0 bridgehead atoms. The predicted octanol–water partition coefficient (Wildman–Crippen LogP) is 4.39. The Bertz CT molecular complexity index is 1020. The molecule has 3 rings (SSSR count). The van der Waals surface area contributed by atoms with Crippen molar-refractivity contribution in [2.45, 2.75) is 13.0 Å². The Kier molecular flexibility index (Phi) is 6.49. The van der Waals surface area contributed by atoms with Crippen molar-refractivity contribution in [3.05, 3.63) is 116 Å². The second-order valence-corrected chi connectivity index (χ2v) is 6.70. The lowest BCUT2D eigenvalue weighted by Crippen LogP contribution is -2.32. The maximum atomic E-state index is 13.2. The summed E-state index contributed by atoms with van der Waals surface area (Å²) in [6.45, 7) is 0.636. The van der Waals surface area contributed by atoms with Crippen molar-refractivity contribution in [3.8, 4) is 0 Å². The van der Waals surface area contributed by atoms with Gasteiger partial charge in [0.2, 0.25) is 0 Å². The highest BCUT2D eigenvalue weighted by molar-refractivity contribution is 5.95. The molecule has 0 aliphatic carbocycles. The third kappa shape index (κ3) is 5.26. The molecule has 152 valence electrons. The highest BCUT2D eigenvalue weighted by Gasteiger charge is 2.23. The van der Waals surface area contributed by atoms with E-state index in [1.165, 1.54) is 0 Å². The highest BCUT2D eigenvalue weighted by Crippen LogP contribution is 2.24. The van der Waals surface area contributed by atoms with Crippen LogP contribution in [0.25, 0.3) is 0 Å². The van der Waals surface area contributed by atoms with Crippen LogP contribution in [0.4, 0.5) is 11.4 Å². The first-order valence-corrected chi connectivity index (χ1v) is 9.25. The Morgan fingerprint density at radius 1 is 0.767 bits per heavy atom. The smallest absolute Gasteiger partial charge is 0.277 e. The largest absolute Gasteiger partial charge is 0.334 e. The zero-order chi connectivity index (χ0) is 21.5. The minimum atomic E-state index is -0.741. The van der Waals surface area contributed by atoms with Crippen LogP contribution in [-0.4, -0.2) is 27.2 Å². The predicted molar refractivity (Wildman–Crippen MR) is 111 cm³/mol. The maximum absolute atomic E-state index is 13.2. The van der Waals surface area contributed by atoms with Crippen molar-refractivity contribution in [1.82, 2.24) is 4.90 Å². The van der Waals surface area contributed by atoms with Gasteiger partial charge in [-0.25, -0.2) is 0 Å². The van der Waals surface area contributed by atoms with Crippen LogP contribution < -0.4 is 0 Å². The summed E-state index contributed by atoms with van der Waals surface area (Å²) >= 11 is 0. The maximum Gasteiger partial charge on any atom is 0.277 e. The van der Waals surface area contributed by atoms with Crippen molar-refractivity contribution >= 4 is 17.3 Å². The van der Waals surface area contributed by atoms with Gasteiger partial charge < -0.3 is 4.90 Å². The van der Waals surface area contributed by atoms with E-state index in [0.717, 1.165) is 29.3 Å². The number of benzene rings is 3. The lowest BCUT2D eigenvalue weighted by atomic mass is 10.1. The summed E-state index contributed by atoms with van der Waals surface area (Å²) in [4.78, 5) is 35.6. The molecular formula is C22H19N3O5. The van der Waals surface area contributed by atoms with Crippen molar-refractivity contribution in [2.75, 3.05) is 6.54 Å². The first kappa shape index (κ1) is 20.7. The molecule has 0 heterocycles. The van der Waals surface area contributed by atoms with Gasteiger partial charge in [-0.15, -0.1) is 0 Å². The molecule has 0 aromatic heterocycles. The molecule has 8 nitrogen and oxygen atoms in total. The van der Waals surface area contributed by atoms with Crippen LogP contribution in [0.5, 0.6) is 0 Å². The minimum Gasteiger partial charge on any atom is -0.334 e. The van der Waals surface area contributed by atoms with Crippen molar-refractivity contribution in [2.24, 2.45) is 0 Å². The van der Waals surface area contributed by atoms with Crippen molar-refractivity contribution in [3.63, 3.8) is 0 Å². The van der Waals surface area contributed by atoms with Gasteiger partial charge >= 0.3 is 0 Å². The van der Waals surface area contributed by atoms with E-state index in [1.54, 1.807) is 4.90 Å². The van der Waals surface area contributed by atoms with Crippen LogP contribution in [0.3, 0.4) is 0 Å². The number of carbonyl (C=O) groups is 1. The number of carbonyl (C=O) groups excluding carboxylic acids is 1. The van der Waals surface area contributed by atoms with E-state index in [2.05, 4.69) is 0 Å². The zero-order valence-corrected chi connectivity index (χ0v) is 16.0. The van der Waals surface area contributed by atoms with Crippen LogP contribution in [0.2, 0.25) is 0 Å². The fourth-order valence-electron chi connectivity index (χ4n) is 3.08. The second kappa shape index (κ2) is 9.42. The van der Waals surface area contributed by atoms with Gasteiger partial charge in [-0.05, 0) is 17.5 Å². The number of hydrogen-bond acceptors (Lipinski definition) is 5. The van der Waals surface area contributed by atoms with E-state index >= 15 is 0 Å². The van der Waals surface area contributed by atoms with E-state index in [0.29, 0.717) is 13.0 Å². The van der Waals surface area contributed by atoms with Gasteiger partial charge in [-0.2, -0.15) is 0 Å². The zero-order valence-electron chi connectivity index (χ0n) is 16.0. The number of nitro benzene ring substituents is 2. The van der Waals surface area contributed by atoms with E-state index in [1.807, 2.05) is 60.7 Å². The Balaban J connectivity index is 1.92. The van der Waals surface area contributed by atoms with Gasteiger partial charge in [0, 0.05) is 25.2 Å². The molecule has 0 radical (unpaired) electrons. The summed E-state index contributed by atoms with van der Waals surface area (Å²) in [5.41, 5.74) is 0.859. The molecule has 3 aromatic rings. The summed E-state index contributed by atoms with van der Waals surface area (Å²) in [5, 5.41) is 22.4. The SMILES string of the molecule is O=C(c1cc([N+](=O)[O-])cc([N+](=O)[O-])c1)N(CCc1ccccc1)Cc1ccccc1. The summed E-state index contributed by atoms with van der Waals surface area (Å²) in [7, 11) is 0. The summed E-state index contributed by atoms with van der Waals surface area (Å²) in [6.07, 6.45) is 0.580. The van der Waals surface area contributed by atoms with Crippen molar-refractivity contribution in [1.29, 1.82) is 0 Å². The van der Waals surface area contributed by atoms with Crippen LogP contribution >= 0.6 is 0 Å². The van der Waals surface area contributed by atoms with E-state index in [-0.39, 0.29) is 12.1 Å². The molecule has 1 amide bonds. The average molecular weight is 405 g/mol. The molecule has 0 atom stereocenters. The van der Waals surface area contributed by atoms with Crippen LogP contribution in [-0.2, 0) is 13.0 Å². The number of non-ortho nitro benzene ring substituents is 2. The van der Waals surface area contributed by atoms with E-state index < -0.39 is 27.1 Å². The lowest BCUT2D eigenvalue weighted by Gasteiger charge is -2.23. The normalized spacial score (nSPS) is 10.4. The number of rotatable bonds is 8. The first-order valence-electron chi connectivity index (χ1n) is 9.25. The molecule has 0 N–H and O–H groups in total. The third-order valence-electron chi connectivity index (χ3n) is 4.59. The number of hydrogen-bond donors (Lipinski definition) is 0. The van der Waals surface area contributed by atoms with Gasteiger partial charge in [-0.3, -0.25) is 25.0 Å². The molecule has 0 unspecified atom stereocenters. The fraction of sp³-hybridized carbons (Fsp3) is 0.136. The van der Waals surface area contributed by atoms with Crippen LogP contribution in [0, 0.1) is 20.2 Å². The Hall–Kier alpha value is -4.07. The molecule has 0 fully saturated rings. The monoisotopic (exact) mass is 405 g/mol. The summed E-state index contributed by atoms with van der Waals surface area (Å²) in [5.74, 6) is -0.499. The fourth-order valence-corrected chi connectivity index (χ4v) is 3.08. The average Bonchev–Trinajstić information content (AvgIpc) is 2.77. The van der Waals surface area contributed by atoms with Gasteiger partial charge in [0.15, 0.2) is 0 Å². The van der Waals surface area contributed by atoms with Crippen LogP contribution in [0.1, 0.15) is 21.5 Å². The molecule has 30 heavy (non-hydrogen) atoms. The Morgan fingerprint density at radius 2 is 1.27 bits per heavy atom. The number of nitrogens with zero attached hydrogens (tertiary/aromatic N) is 3. The van der Waals surface area contributed by atoms with Crippen molar-refractivity contribution < 1.29 is 14.6 Å². The number of nitro groups is 2. The molecule has 3 aromatic carbocycles. The number of amides is 1. The van der Waals surface area contributed by atoms with E-state index in [4.69, 9.17) is 0 Å². The Labute approximate surface area is 172 Å². The van der Waals surface area contributed by atoms with Crippen LogP contribution in [0.15, 0.2) is 78.9 Å². The van der Waals surface area contributed by atoms with Gasteiger partial charge in [0.1, 0.15) is 0 Å². The molecule has 0 aliphatic rings. The molecule has 0 saturated carbocycles. The van der Waals surface area contributed by atoms with E-state index in [9.17, 15) is 25.0 Å². The van der Waals surface area contributed by atoms with Gasteiger partial charge in [0.25, 0.3) is 17.3 Å². The molecular weight excluding hydrogens is 386 g/mol. The topological polar surface area (TPSA) is 107 Å². The molecule has 0 spiro atoms. The first-order chi connectivity index (χ1) is 14.4. The Morgan fingerprint density at radius 3 is 1.77 bits per heavy atom.